The number of carbonyl (C=O) groups is 2. The molecule has 0 bridgehead atoms. The largest absolute Gasteiger partial charge is 1.00 e. The summed E-state index contributed by atoms with van der Waals surface area (Å²) in [7, 11) is 0. The monoisotopic (exact) mass is 532 g/mol. The normalized spacial score (nSPS) is 50.1. The third-order valence-electron chi connectivity index (χ3n) is 12.5. The SMILES string of the molecule is CC12CCC(C(=O)[O-])CC1C1=CC(=O)C3C4(C)CCC([O-])C(C)(C)C4CCC3(C)C1(C)CC2.[K+].[K+]. The van der Waals surface area contributed by atoms with Gasteiger partial charge in [0.15, 0.2) is 5.78 Å². The summed E-state index contributed by atoms with van der Waals surface area (Å²) in [6, 6.07) is 0. The zero-order chi connectivity index (χ0) is 24.2. The first kappa shape index (κ1) is 31.6. The van der Waals surface area contributed by atoms with Gasteiger partial charge < -0.3 is 15.0 Å². The predicted molar refractivity (Wildman–Crippen MR) is 124 cm³/mol. The zero-order valence-electron chi connectivity index (χ0n) is 23.5. The molecule has 5 rings (SSSR count). The Morgan fingerprint density at radius 3 is 2.20 bits per heavy atom. The third-order valence-corrected chi connectivity index (χ3v) is 12.5. The Morgan fingerprint density at radius 2 is 1.57 bits per heavy atom. The van der Waals surface area contributed by atoms with Gasteiger partial charge in [-0.15, -0.1) is 6.10 Å². The van der Waals surface area contributed by atoms with Crippen LogP contribution in [0.2, 0.25) is 0 Å². The smallest absolute Gasteiger partial charge is 0.852 e. The summed E-state index contributed by atoms with van der Waals surface area (Å²) < 4.78 is 0. The fourth-order valence-electron chi connectivity index (χ4n) is 10.2. The van der Waals surface area contributed by atoms with Gasteiger partial charge in [0.05, 0.1) is 0 Å². The molecule has 0 N–H and O–H groups in total. The molecule has 0 heterocycles. The van der Waals surface area contributed by atoms with Crippen molar-refractivity contribution in [1.82, 2.24) is 0 Å². The van der Waals surface area contributed by atoms with Crippen molar-refractivity contribution in [2.75, 3.05) is 0 Å². The van der Waals surface area contributed by atoms with Crippen LogP contribution >= 0.6 is 0 Å². The fourth-order valence-corrected chi connectivity index (χ4v) is 10.2. The van der Waals surface area contributed by atoms with Crippen LogP contribution in [0.5, 0.6) is 0 Å². The van der Waals surface area contributed by atoms with E-state index in [1.165, 1.54) is 5.57 Å². The summed E-state index contributed by atoms with van der Waals surface area (Å²) in [6.07, 6.45) is 9.27. The van der Waals surface area contributed by atoms with Crippen molar-refractivity contribution in [2.24, 2.45) is 50.7 Å². The second-order valence-electron chi connectivity index (χ2n) is 14.1. The van der Waals surface area contributed by atoms with Gasteiger partial charge in [0, 0.05) is 11.9 Å². The Hall–Kier alpha value is 2.11. The number of carboxylic acid groups (broad SMARTS) is 1. The number of hydrogen-bond donors (Lipinski definition) is 0. The van der Waals surface area contributed by atoms with Crippen molar-refractivity contribution in [3.05, 3.63) is 11.6 Å². The summed E-state index contributed by atoms with van der Waals surface area (Å²) in [4.78, 5) is 25.9. The van der Waals surface area contributed by atoms with Gasteiger partial charge in [-0.2, -0.15) is 0 Å². The Labute approximate surface area is 297 Å². The number of aliphatic carboxylic acids is 1. The second-order valence-corrected chi connectivity index (χ2v) is 14.1. The zero-order valence-corrected chi connectivity index (χ0v) is 29.7. The Balaban J connectivity index is 0.00000171. The molecule has 9 unspecified atom stereocenters. The maximum atomic E-state index is 14.1. The van der Waals surface area contributed by atoms with E-state index in [-0.39, 0.29) is 153 Å². The first-order chi connectivity index (χ1) is 15.2. The van der Waals surface area contributed by atoms with Gasteiger partial charge in [-0.3, -0.25) is 4.79 Å². The van der Waals surface area contributed by atoms with Crippen molar-refractivity contribution >= 4 is 11.8 Å². The van der Waals surface area contributed by atoms with Gasteiger partial charge in [0.25, 0.3) is 0 Å². The molecule has 0 radical (unpaired) electrons. The summed E-state index contributed by atoms with van der Waals surface area (Å²) in [5.41, 5.74) is 0.613. The Morgan fingerprint density at radius 1 is 0.914 bits per heavy atom. The third kappa shape index (κ3) is 4.37. The molecule has 6 heteroatoms. The van der Waals surface area contributed by atoms with Crippen LogP contribution in [0.3, 0.4) is 0 Å². The molecule has 0 saturated heterocycles. The van der Waals surface area contributed by atoms with Crippen LogP contribution in [0.15, 0.2) is 11.6 Å². The maximum Gasteiger partial charge on any atom is 1.00 e. The Bertz CT molecular complexity index is 930. The number of allylic oxidation sites excluding steroid dienone is 2. The van der Waals surface area contributed by atoms with E-state index in [9.17, 15) is 19.8 Å². The minimum Gasteiger partial charge on any atom is -0.852 e. The first-order valence-electron chi connectivity index (χ1n) is 13.3. The molecular formula is C29H42K2O4. The molecule has 0 aromatic rings. The standard InChI is InChI=1S/C29H43O4.2K/c1-25(2)21-8-12-29(6)23(27(21,4)11-9-22(25)31)20(30)16-19-18-15-17(24(32)33)7-10-26(18,3)13-14-28(19,29)5;;/h16-18,21-23H,7-15H2,1-6H3,(H,32,33);;/q-1;2*+1/p-1. The van der Waals surface area contributed by atoms with E-state index in [1.807, 2.05) is 6.08 Å². The van der Waals surface area contributed by atoms with E-state index in [0.717, 1.165) is 38.5 Å². The van der Waals surface area contributed by atoms with Gasteiger partial charge in [-0.25, -0.2) is 0 Å². The van der Waals surface area contributed by atoms with E-state index >= 15 is 0 Å². The topological polar surface area (TPSA) is 80.3 Å². The first-order valence-corrected chi connectivity index (χ1v) is 13.3. The molecule has 0 aromatic carbocycles. The number of fused-ring (bicyclic) bond motifs is 7. The Kier molecular flexibility index (Phi) is 9.21. The van der Waals surface area contributed by atoms with Crippen LogP contribution < -0.4 is 113 Å². The van der Waals surface area contributed by atoms with Crippen molar-refractivity contribution < 1.29 is 123 Å². The number of rotatable bonds is 1. The van der Waals surface area contributed by atoms with Gasteiger partial charge in [-0.05, 0) is 102 Å². The predicted octanol–water partition coefficient (Wildman–Crippen LogP) is -1.94. The van der Waals surface area contributed by atoms with Gasteiger partial charge >= 0.3 is 103 Å². The molecule has 5 aliphatic rings. The maximum absolute atomic E-state index is 14.1. The molecule has 0 spiro atoms. The van der Waals surface area contributed by atoms with Gasteiger partial charge in [0.2, 0.25) is 0 Å². The summed E-state index contributed by atoms with van der Waals surface area (Å²) in [5, 5.41) is 24.7. The fraction of sp³-hybridized carbons (Fsp3) is 0.862. The summed E-state index contributed by atoms with van der Waals surface area (Å²) in [6.45, 7) is 13.7. The van der Waals surface area contributed by atoms with E-state index < -0.39 is 18.0 Å². The molecule has 35 heavy (non-hydrogen) atoms. The average molecular weight is 533 g/mol. The molecule has 4 nitrogen and oxygen atoms in total. The van der Waals surface area contributed by atoms with Crippen LogP contribution in [0.25, 0.3) is 0 Å². The molecule has 9 atom stereocenters. The van der Waals surface area contributed by atoms with E-state index in [2.05, 4.69) is 41.5 Å². The number of hydrogen-bond acceptors (Lipinski definition) is 4. The van der Waals surface area contributed by atoms with Crippen molar-refractivity contribution in [1.29, 1.82) is 0 Å². The average Bonchev–Trinajstić information content (AvgIpc) is 2.72. The van der Waals surface area contributed by atoms with Crippen molar-refractivity contribution in [3.63, 3.8) is 0 Å². The number of carboxylic acids is 1. The quantitative estimate of drug-likeness (QED) is 0.368. The number of carbonyl (C=O) groups excluding carboxylic acids is 2. The van der Waals surface area contributed by atoms with Crippen molar-refractivity contribution in [2.45, 2.75) is 105 Å². The summed E-state index contributed by atoms with van der Waals surface area (Å²) in [5.74, 6) is -0.734. The van der Waals surface area contributed by atoms with E-state index in [0.29, 0.717) is 19.3 Å². The molecule has 5 aliphatic carbocycles. The molecular weight excluding hydrogens is 491 g/mol. The minimum atomic E-state index is -0.930. The van der Waals surface area contributed by atoms with Crippen LogP contribution in [-0.2, 0) is 9.59 Å². The molecule has 0 aromatic heterocycles. The van der Waals surface area contributed by atoms with Crippen LogP contribution in [0.1, 0.15) is 99.3 Å². The van der Waals surface area contributed by atoms with Crippen LogP contribution in [0.4, 0.5) is 0 Å². The second kappa shape index (κ2) is 10.2. The van der Waals surface area contributed by atoms with E-state index in [4.69, 9.17) is 0 Å². The molecule has 4 saturated carbocycles. The van der Waals surface area contributed by atoms with Crippen LogP contribution in [0, 0.1) is 50.7 Å². The van der Waals surface area contributed by atoms with Gasteiger partial charge in [0.1, 0.15) is 0 Å². The molecule has 0 amide bonds. The summed E-state index contributed by atoms with van der Waals surface area (Å²) >= 11 is 0. The van der Waals surface area contributed by atoms with E-state index in [1.54, 1.807) is 0 Å². The van der Waals surface area contributed by atoms with Gasteiger partial charge in [-0.1, -0.05) is 53.5 Å². The molecule has 184 valence electrons. The van der Waals surface area contributed by atoms with Crippen molar-refractivity contribution in [3.8, 4) is 0 Å². The number of ketones is 1. The van der Waals surface area contributed by atoms with Crippen LogP contribution in [-0.4, -0.2) is 17.9 Å². The minimum absolute atomic E-state index is 0. The molecule has 4 fully saturated rings. The molecule has 0 aliphatic heterocycles.